The minimum Gasteiger partial charge on any atom is -0.329 e. The molecular weight excluding hydrogens is 345 g/mol. The van der Waals surface area contributed by atoms with Crippen LogP contribution in [0.5, 0.6) is 0 Å². The number of carbonyl (C=O) groups is 1. The normalized spacial score (nSPS) is 16.5. The molecule has 0 heterocycles. The molecule has 23 heavy (non-hydrogen) atoms. The first-order valence-corrected chi connectivity index (χ1v) is 8.94. The summed E-state index contributed by atoms with van der Waals surface area (Å²) in [6.07, 6.45) is 4.29. The van der Waals surface area contributed by atoms with Crippen LogP contribution in [-0.2, 0) is 14.8 Å². The Kier molecular flexibility index (Phi) is 6.38. The van der Waals surface area contributed by atoms with Crippen molar-refractivity contribution in [2.24, 2.45) is 11.1 Å². The predicted octanol–water partition coefficient (Wildman–Crippen LogP) is 2.08. The molecule has 0 aromatic heterocycles. The molecule has 1 aromatic rings. The van der Waals surface area contributed by atoms with E-state index < -0.39 is 21.3 Å². The second-order valence-electron chi connectivity index (χ2n) is 5.71. The number of hydrogen-bond donors (Lipinski definition) is 3. The first kappa shape index (κ1) is 19.7. The van der Waals surface area contributed by atoms with E-state index in [4.69, 9.17) is 5.73 Å². The first-order valence-electron chi connectivity index (χ1n) is 7.05. The Balaban J connectivity index is 0.00000264. The maximum Gasteiger partial charge on any atom is 0.231 e. The van der Waals surface area contributed by atoms with Gasteiger partial charge in [-0.15, -0.1) is 12.4 Å². The molecule has 9 heteroatoms. The van der Waals surface area contributed by atoms with Crippen LogP contribution in [0.25, 0.3) is 0 Å². The smallest absolute Gasteiger partial charge is 0.231 e. The largest absolute Gasteiger partial charge is 0.329 e. The Hall–Kier alpha value is -1.38. The zero-order valence-electron chi connectivity index (χ0n) is 12.8. The van der Waals surface area contributed by atoms with E-state index in [-0.39, 0.29) is 30.5 Å². The minimum atomic E-state index is -3.60. The molecule has 1 aromatic carbocycles. The summed E-state index contributed by atoms with van der Waals surface area (Å²) in [5.41, 5.74) is 5.29. The van der Waals surface area contributed by atoms with Crippen LogP contribution in [0.4, 0.5) is 15.8 Å². The van der Waals surface area contributed by atoms with Crippen molar-refractivity contribution < 1.29 is 17.6 Å². The van der Waals surface area contributed by atoms with Gasteiger partial charge in [-0.05, 0) is 31.0 Å². The van der Waals surface area contributed by atoms with Crippen LogP contribution in [0.15, 0.2) is 18.2 Å². The van der Waals surface area contributed by atoms with Crippen LogP contribution in [-0.4, -0.2) is 27.1 Å². The summed E-state index contributed by atoms with van der Waals surface area (Å²) in [4.78, 5) is 12.4. The number of carbonyl (C=O) groups excluding carboxylic acids is 1. The van der Waals surface area contributed by atoms with Crippen molar-refractivity contribution in [1.29, 1.82) is 0 Å². The summed E-state index contributed by atoms with van der Waals surface area (Å²) < 4.78 is 38.1. The Morgan fingerprint density at radius 3 is 2.48 bits per heavy atom. The number of rotatable bonds is 5. The summed E-state index contributed by atoms with van der Waals surface area (Å²) in [5, 5.41) is 2.71. The summed E-state index contributed by atoms with van der Waals surface area (Å²) in [7, 11) is -3.60. The molecule has 0 unspecified atom stereocenters. The number of anilines is 2. The lowest BCUT2D eigenvalue weighted by Gasteiger charge is -2.25. The second kappa shape index (κ2) is 7.46. The van der Waals surface area contributed by atoms with Crippen LogP contribution in [0.2, 0.25) is 0 Å². The molecule has 6 nitrogen and oxygen atoms in total. The van der Waals surface area contributed by atoms with Gasteiger partial charge in [-0.25, -0.2) is 12.8 Å². The van der Waals surface area contributed by atoms with E-state index in [1.165, 1.54) is 12.1 Å². The van der Waals surface area contributed by atoms with Gasteiger partial charge < -0.3 is 11.1 Å². The van der Waals surface area contributed by atoms with Gasteiger partial charge in [-0.1, -0.05) is 12.8 Å². The van der Waals surface area contributed by atoms with E-state index in [1.807, 2.05) is 0 Å². The topological polar surface area (TPSA) is 101 Å². The highest BCUT2D eigenvalue weighted by Gasteiger charge is 2.39. The number of nitrogens with one attached hydrogen (secondary N) is 2. The predicted molar refractivity (Wildman–Crippen MR) is 90.7 cm³/mol. The summed E-state index contributed by atoms with van der Waals surface area (Å²) in [6.45, 7) is 0.258. The van der Waals surface area contributed by atoms with Gasteiger partial charge >= 0.3 is 0 Å². The maximum absolute atomic E-state index is 13.6. The Bertz CT molecular complexity index is 676. The number of amides is 1. The fraction of sp³-hybridized carbons (Fsp3) is 0.500. The van der Waals surface area contributed by atoms with Gasteiger partial charge in [0.25, 0.3) is 0 Å². The van der Waals surface area contributed by atoms with Crippen LogP contribution >= 0.6 is 12.4 Å². The maximum atomic E-state index is 13.6. The van der Waals surface area contributed by atoms with E-state index in [0.717, 1.165) is 38.0 Å². The molecule has 2 rings (SSSR count). The fourth-order valence-electron chi connectivity index (χ4n) is 2.72. The summed E-state index contributed by atoms with van der Waals surface area (Å²) >= 11 is 0. The van der Waals surface area contributed by atoms with Crippen molar-refractivity contribution in [2.45, 2.75) is 25.7 Å². The van der Waals surface area contributed by atoms with Crippen molar-refractivity contribution >= 4 is 39.7 Å². The van der Waals surface area contributed by atoms with Crippen molar-refractivity contribution in [3.63, 3.8) is 0 Å². The number of halogens is 2. The third kappa shape index (κ3) is 4.79. The van der Waals surface area contributed by atoms with Crippen molar-refractivity contribution in [1.82, 2.24) is 0 Å². The van der Waals surface area contributed by atoms with Crippen LogP contribution in [0.3, 0.4) is 0 Å². The number of sulfonamides is 1. The van der Waals surface area contributed by atoms with Crippen molar-refractivity contribution in [3.05, 3.63) is 24.0 Å². The molecule has 0 saturated heterocycles. The summed E-state index contributed by atoms with van der Waals surface area (Å²) in [5.74, 6) is -0.915. The highest BCUT2D eigenvalue weighted by atomic mass is 35.5. The molecule has 130 valence electrons. The Morgan fingerprint density at radius 2 is 1.96 bits per heavy atom. The molecule has 1 amide bonds. The first-order chi connectivity index (χ1) is 10.3. The standard InChI is InChI=1S/C14H20FN3O3S.ClH/c1-22(20,21)18-12-8-10(4-5-11(12)15)17-13(19)14(9-16)6-2-3-7-14;/h4-5,8,18H,2-3,6-7,9,16H2,1H3,(H,17,19);1H. The van der Waals surface area contributed by atoms with Gasteiger partial charge in [0.05, 0.1) is 17.4 Å². The molecule has 0 radical (unpaired) electrons. The molecule has 0 bridgehead atoms. The average molecular weight is 366 g/mol. The van der Waals surface area contributed by atoms with Gasteiger partial charge in [0.2, 0.25) is 15.9 Å². The SMILES string of the molecule is CS(=O)(=O)Nc1cc(NC(=O)C2(CN)CCCC2)ccc1F.Cl. The molecule has 1 fully saturated rings. The van der Waals surface area contributed by atoms with E-state index in [9.17, 15) is 17.6 Å². The van der Waals surface area contributed by atoms with Gasteiger partial charge in [0, 0.05) is 12.2 Å². The van der Waals surface area contributed by atoms with E-state index >= 15 is 0 Å². The Morgan fingerprint density at radius 1 is 1.35 bits per heavy atom. The van der Waals surface area contributed by atoms with Crippen LogP contribution < -0.4 is 15.8 Å². The number of benzene rings is 1. The molecule has 0 spiro atoms. The van der Waals surface area contributed by atoms with Crippen molar-refractivity contribution in [3.8, 4) is 0 Å². The highest BCUT2D eigenvalue weighted by molar-refractivity contribution is 7.92. The lowest BCUT2D eigenvalue weighted by Crippen LogP contribution is -2.40. The molecule has 0 aliphatic heterocycles. The lowest BCUT2D eigenvalue weighted by molar-refractivity contribution is -0.124. The van der Waals surface area contributed by atoms with Gasteiger partial charge in [-0.2, -0.15) is 0 Å². The fourth-order valence-corrected chi connectivity index (χ4v) is 3.28. The van der Waals surface area contributed by atoms with E-state index in [0.29, 0.717) is 5.69 Å². The average Bonchev–Trinajstić information content (AvgIpc) is 2.91. The molecule has 1 aliphatic carbocycles. The zero-order valence-corrected chi connectivity index (χ0v) is 14.4. The molecule has 4 N–H and O–H groups in total. The van der Waals surface area contributed by atoms with Crippen LogP contribution in [0, 0.1) is 11.2 Å². The molecular formula is C14H21ClFN3O3S. The monoisotopic (exact) mass is 365 g/mol. The van der Waals surface area contributed by atoms with Gasteiger partial charge in [0.15, 0.2) is 0 Å². The molecule has 1 aliphatic rings. The van der Waals surface area contributed by atoms with Gasteiger partial charge in [0.1, 0.15) is 5.82 Å². The summed E-state index contributed by atoms with van der Waals surface area (Å²) in [6, 6.07) is 3.75. The minimum absolute atomic E-state index is 0. The zero-order chi connectivity index (χ0) is 16.4. The Labute approximate surface area is 141 Å². The van der Waals surface area contributed by atoms with Crippen LogP contribution in [0.1, 0.15) is 25.7 Å². The lowest BCUT2D eigenvalue weighted by atomic mass is 9.85. The third-order valence-electron chi connectivity index (χ3n) is 3.95. The van der Waals surface area contributed by atoms with Crippen molar-refractivity contribution in [2.75, 3.05) is 22.8 Å². The van der Waals surface area contributed by atoms with E-state index in [1.54, 1.807) is 0 Å². The van der Waals surface area contributed by atoms with Gasteiger partial charge in [-0.3, -0.25) is 9.52 Å². The number of hydrogen-bond acceptors (Lipinski definition) is 4. The molecule has 0 atom stereocenters. The molecule has 1 saturated carbocycles. The third-order valence-corrected chi connectivity index (χ3v) is 4.54. The number of nitrogens with two attached hydrogens (primary N) is 1. The second-order valence-corrected chi connectivity index (χ2v) is 7.46. The quantitative estimate of drug-likeness (QED) is 0.743. The highest BCUT2D eigenvalue weighted by Crippen LogP contribution is 2.38. The van der Waals surface area contributed by atoms with E-state index in [2.05, 4.69) is 10.0 Å².